The summed E-state index contributed by atoms with van der Waals surface area (Å²) < 4.78 is 10.5. The molecule has 12 heteroatoms. The second-order valence-corrected chi connectivity index (χ2v) is 8.65. The molecular formula is C25H26O12. The Balaban J connectivity index is 1.70. The number of aliphatic hydroxyl groups excluding tert-OH is 1. The predicted molar refractivity (Wildman–Crippen MR) is 124 cm³/mol. The van der Waals surface area contributed by atoms with Gasteiger partial charge in [-0.2, -0.15) is 0 Å². The van der Waals surface area contributed by atoms with Crippen LogP contribution in [0.4, 0.5) is 0 Å². The molecule has 0 saturated heterocycles. The smallest absolute Gasteiger partial charge is 0.335 e. The molecule has 1 fully saturated rings. The summed E-state index contributed by atoms with van der Waals surface area (Å²) in [5, 5.41) is 68.1. The molecule has 37 heavy (non-hydrogen) atoms. The lowest BCUT2D eigenvalue weighted by Crippen LogP contribution is -2.58. The van der Waals surface area contributed by atoms with Crippen molar-refractivity contribution in [2.24, 2.45) is 0 Å². The molecule has 12 nitrogen and oxygen atoms in total. The number of carbonyl (C=O) groups is 3. The lowest BCUT2D eigenvalue weighted by atomic mass is 9.79. The maximum atomic E-state index is 12.5. The quantitative estimate of drug-likeness (QED) is 0.148. The Kier molecular flexibility index (Phi) is 8.25. The highest BCUT2D eigenvalue weighted by Crippen LogP contribution is 2.34. The third kappa shape index (κ3) is 6.90. The van der Waals surface area contributed by atoms with Crippen molar-refractivity contribution in [3.05, 3.63) is 53.6 Å². The minimum absolute atomic E-state index is 0.0984. The fraction of sp³-hybridized carbons (Fsp3) is 0.320. The fourth-order valence-corrected chi connectivity index (χ4v) is 3.86. The molecule has 3 rings (SSSR count). The lowest BCUT2D eigenvalue weighted by Gasteiger charge is -2.40. The number of ether oxygens (including phenoxy) is 2. The van der Waals surface area contributed by atoms with Crippen molar-refractivity contribution in [2.45, 2.75) is 49.6 Å². The monoisotopic (exact) mass is 518 g/mol. The Morgan fingerprint density at radius 3 is 2.19 bits per heavy atom. The number of carboxylic acids is 1. The number of aryl methyl sites for hydroxylation is 1. The Labute approximate surface area is 210 Å². The zero-order chi connectivity index (χ0) is 27.3. The van der Waals surface area contributed by atoms with Gasteiger partial charge in [0.05, 0.1) is 6.10 Å². The summed E-state index contributed by atoms with van der Waals surface area (Å²) in [5.41, 5.74) is -1.62. The summed E-state index contributed by atoms with van der Waals surface area (Å²) in [6, 6.07) is 7.75. The minimum Gasteiger partial charge on any atom is -0.504 e. The van der Waals surface area contributed by atoms with Gasteiger partial charge in [-0.15, -0.1) is 0 Å². The van der Waals surface area contributed by atoms with Gasteiger partial charge in [-0.3, -0.25) is 4.79 Å². The standard InChI is InChI=1S/C25H26O12/c26-15-5-1-13(9-17(15)28)3-7-21(31)36-20-12-25(35,24(33)34)11-19(30)23(20)37-22(32)8-4-14-2-6-16(27)18(29)10-14/h1-3,5-7,9-10,19-20,23,26-30,35H,4,8,11-12H2,(H,33,34). The molecule has 198 valence electrons. The van der Waals surface area contributed by atoms with Gasteiger partial charge in [0.15, 0.2) is 34.7 Å². The number of carbonyl (C=O) groups excluding carboxylic acids is 2. The van der Waals surface area contributed by atoms with Crippen LogP contribution in [0.1, 0.15) is 30.4 Å². The predicted octanol–water partition coefficient (Wildman–Crippen LogP) is 0.949. The van der Waals surface area contributed by atoms with Crippen molar-refractivity contribution in [3.8, 4) is 23.0 Å². The second-order valence-electron chi connectivity index (χ2n) is 8.65. The number of aromatic hydroxyl groups is 4. The van der Waals surface area contributed by atoms with E-state index in [0.29, 0.717) is 11.1 Å². The number of esters is 2. The van der Waals surface area contributed by atoms with E-state index in [1.54, 1.807) is 0 Å². The first-order valence-electron chi connectivity index (χ1n) is 11.1. The zero-order valence-corrected chi connectivity index (χ0v) is 19.4. The van der Waals surface area contributed by atoms with Crippen LogP contribution in [0.3, 0.4) is 0 Å². The Morgan fingerprint density at radius 2 is 1.57 bits per heavy atom. The highest BCUT2D eigenvalue weighted by atomic mass is 16.6. The maximum absolute atomic E-state index is 12.5. The largest absolute Gasteiger partial charge is 0.504 e. The van der Waals surface area contributed by atoms with Crippen molar-refractivity contribution in [3.63, 3.8) is 0 Å². The highest BCUT2D eigenvalue weighted by molar-refractivity contribution is 5.87. The Morgan fingerprint density at radius 1 is 0.919 bits per heavy atom. The lowest BCUT2D eigenvalue weighted by molar-refractivity contribution is -0.206. The molecule has 0 aliphatic heterocycles. The van der Waals surface area contributed by atoms with Crippen LogP contribution in [-0.2, 0) is 30.3 Å². The number of phenolic OH excluding ortho intramolecular Hbond substituents is 4. The molecule has 1 saturated carbocycles. The molecule has 1 aliphatic carbocycles. The van der Waals surface area contributed by atoms with Crippen molar-refractivity contribution in [1.29, 1.82) is 0 Å². The minimum atomic E-state index is -2.44. The summed E-state index contributed by atoms with van der Waals surface area (Å²) >= 11 is 0. The molecule has 0 spiro atoms. The van der Waals surface area contributed by atoms with Crippen LogP contribution >= 0.6 is 0 Å². The topological polar surface area (TPSA) is 211 Å². The molecule has 0 aromatic heterocycles. The van der Waals surface area contributed by atoms with Gasteiger partial charge in [0.2, 0.25) is 0 Å². The second kappa shape index (κ2) is 11.2. The molecule has 2 aromatic carbocycles. The molecule has 4 atom stereocenters. The Bertz CT molecular complexity index is 1210. The molecule has 2 aromatic rings. The van der Waals surface area contributed by atoms with Gasteiger partial charge in [-0.1, -0.05) is 12.1 Å². The van der Waals surface area contributed by atoms with Gasteiger partial charge in [0, 0.05) is 25.3 Å². The van der Waals surface area contributed by atoms with Crippen LogP contribution in [0.2, 0.25) is 0 Å². The zero-order valence-electron chi connectivity index (χ0n) is 19.4. The third-order valence-electron chi connectivity index (χ3n) is 5.83. The van der Waals surface area contributed by atoms with E-state index in [1.807, 2.05) is 0 Å². The van der Waals surface area contributed by atoms with Crippen molar-refractivity contribution in [2.75, 3.05) is 0 Å². The van der Waals surface area contributed by atoms with Gasteiger partial charge in [0.1, 0.15) is 6.10 Å². The number of rotatable bonds is 8. The van der Waals surface area contributed by atoms with Crippen LogP contribution in [0.5, 0.6) is 23.0 Å². The van der Waals surface area contributed by atoms with Gasteiger partial charge in [0.25, 0.3) is 0 Å². The number of phenols is 4. The molecular weight excluding hydrogens is 492 g/mol. The van der Waals surface area contributed by atoms with E-state index in [1.165, 1.54) is 42.5 Å². The molecule has 0 amide bonds. The SMILES string of the molecule is O=C(C=Cc1ccc(O)c(O)c1)OC1CC(O)(C(=O)O)CC(O)C1OC(=O)CCc1ccc(O)c(O)c1. The van der Waals surface area contributed by atoms with Crippen molar-refractivity contribution in [1.82, 2.24) is 0 Å². The van der Waals surface area contributed by atoms with Gasteiger partial charge >= 0.3 is 17.9 Å². The van der Waals surface area contributed by atoms with Gasteiger partial charge in [-0.05, 0) is 47.9 Å². The molecule has 0 bridgehead atoms. The van der Waals surface area contributed by atoms with E-state index in [2.05, 4.69) is 0 Å². The van der Waals surface area contributed by atoms with Crippen LogP contribution in [0.25, 0.3) is 6.08 Å². The van der Waals surface area contributed by atoms with Gasteiger partial charge in [-0.25, -0.2) is 9.59 Å². The van der Waals surface area contributed by atoms with Crippen LogP contribution < -0.4 is 0 Å². The van der Waals surface area contributed by atoms with E-state index in [4.69, 9.17) is 9.47 Å². The van der Waals surface area contributed by atoms with Crippen molar-refractivity contribution >= 4 is 24.0 Å². The van der Waals surface area contributed by atoms with Crippen LogP contribution in [0, 0.1) is 0 Å². The number of carboxylic acid groups (broad SMARTS) is 1. The average Bonchev–Trinajstić information content (AvgIpc) is 2.82. The van der Waals surface area contributed by atoms with E-state index in [9.17, 15) is 50.1 Å². The normalized spacial score (nSPS) is 23.5. The summed E-state index contributed by atoms with van der Waals surface area (Å²) in [7, 11) is 0. The van der Waals surface area contributed by atoms with Crippen molar-refractivity contribution < 1.29 is 59.6 Å². The molecule has 4 unspecified atom stereocenters. The number of benzene rings is 2. The molecule has 1 aliphatic rings. The molecule has 0 heterocycles. The van der Waals surface area contributed by atoms with E-state index in [0.717, 1.165) is 6.08 Å². The number of hydrogen-bond acceptors (Lipinski definition) is 11. The van der Waals surface area contributed by atoms with Gasteiger partial charge < -0.3 is 45.2 Å². The number of hydrogen-bond donors (Lipinski definition) is 7. The molecule has 0 radical (unpaired) electrons. The summed E-state index contributed by atoms with van der Waals surface area (Å²) in [6.07, 6.45) is -3.96. The highest BCUT2D eigenvalue weighted by Gasteiger charge is 2.52. The number of aliphatic carboxylic acids is 1. The number of aliphatic hydroxyl groups is 2. The summed E-state index contributed by atoms with van der Waals surface area (Å²) in [5.74, 6) is -4.98. The first kappa shape index (κ1) is 27.3. The maximum Gasteiger partial charge on any atom is 0.335 e. The molecule has 7 N–H and O–H groups in total. The van der Waals surface area contributed by atoms with E-state index < -0.39 is 60.4 Å². The first-order chi connectivity index (χ1) is 17.4. The summed E-state index contributed by atoms with van der Waals surface area (Å²) in [4.78, 5) is 36.4. The van der Waals surface area contributed by atoms with E-state index >= 15 is 0 Å². The van der Waals surface area contributed by atoms with Crippen LogP contribution in [0.15, 0.2) is 42.5 Å². The Hall–Kier alpha value is -4.29. The van der Waals surface area contributed by atoms with Crippen LogP contribution in [-0.4, -0.2) is 77.6 Å². The van der Waals surface area contributed by atoms with E-state index in [-0.39, 0.29) is 30.1 Å². The summed E-state index contributed by atoms with van der Waals surface area (Å²) in [6.45, 7) is 0. The third-order valence-corrected chi connectivity index (χ3v) is 5.83. The average molecular weight is 518 g/mol. The first-order valence-corrected chi connectivity index (χ1v) is 11.1. The fourth-order valence-electron chi connectivity index (χ4n) is 3.86.